The van der Waals surface area contributed by atoms with Crippen molar-refractivity contribution in [3.63, 3.8) is 0 Å². The molecule has 0 aliphatic rings. The molecule has 0 bridgehead atoms. The number of aryl methyl sites for hydroxylation is 1. The van der Waals surface area contributed by atoms with E-state index >= 15 is 0 Å². The Labute approximate surface area is 169 Å². The van der Waals surface area contributed by atoms with Crippen LogP contribution in [0.2, 0.25) is 5.02 Å². The van der Waals surface area contributed by atoms with Crippen LogP contribution in [0.25, 0.3) is 11.3 Å². The van der Waals surface area contributed by atoms with Gasteiger partial charge in [0.15, 0.2) is 0 Å². The highest BCUT2D eigenvalue weighted by Gasteiger charge is 2.30. The maximum absolute atomic E-state index is 12.8. The summed E-state index contributed by atoms with van der Waals surface area (Å²) in [6.07, 6.45) is -3.02. The summed E-state index contributed by atoms with van der Waals surface area (Å²) in [5, 5.41) is 9.44. The lowest BCUT2D eigenvalue weighted by molar-refractivity contribution is -0.137. The van der Waals surface area contributed by atoms with Crippen LogP contribution in [0.4, 0.5) is 29.3 Å². The number of amides is 2. The number of carbonyl (C=O) groups is 1. The van der Waals surface area contributed by atoms with Gasteiger partial charge < -0.3 is 15.4 Å². The number of benzene rings is 2. The van der Waals surface area contributed by atoms with Gasteiger partial charge in [-0.1, -0.05) is 17.7 Å². The number of nitrogens with zero attached hydrogens (tertiary/aromatic N) is 2. The van der Waals surface area contributed by atoms with E-state index in [1.54, 1.807) is 29.9 Å². The molecule has 1 heterocycles. The summed E-state index contributed by atoms with van der Waals surface area (Å²) < 4.78 is 45.3. The second-order valence-corrected chi connectivity index (χ2v) is 6.44. The number of rotatable bonds is 4. The maximum atomic E-state index is 12.8. The number of carbonyl (C=O) groups excluding carboxylic acids is 1. The number of hydrogen-bond acceptors (Lipinski definition) is 3. The van der Waals surface area contributed by atoms with Gasteiger partial charge in [0, 0.05) is 24.0 Å². The molecule has 3 aromatic rings. The average molecular weight is 425 g/mol. The summed E-state index contributed by atoms with van der Waals surface area (Å²) in [7, 11) is 3.21. The van der Waals surface area contributed by atoms with E-state index in [2.05, 4.69) is 15.7 Å². The smallest absolute Gasteiger partial charge is 0.416 e. The minimum Gasteiger partial charge on any atom is -0.496 e. The molecule has 10 heteroatoms. The van der Waals surface area contributed by atoms with Gasteiger partial charge in [-0.2, -0.15) is 18.3 Å². The largest absolute Gasteiger partial charge is 0.496 e. The Morgan fingerprint density at radius 2 is 1.83 bits per heavy atom. The molecule has 29 heavy (non-hydrogen) atoms. The molecule has 3 rings (SSSR count). The summed E-state index contributed by atoms with van der Waals surface area (Å²) in [6.45, 7) is 0. The van der Waals surface area contributed by atoms with Crippen LogP contribution < -0.4 is 15.4 Å². The molecule has 0 radical (unpaired) electrons. The molecule has 0 fully saturated rings. The molecule has 2 aromatic carbocycles. The van der Waals surface area contributed by atoms with Crippen molar-refractivity contribution < 1.29 is 22.7 Å². The molecule has 0 saturated carbocycles. The van der Waals surface area contributed by atoms with Crippen LogP contribution in [-0.4, -0.2) is 22.9 Å². The Hall–Kier alpha value is -3.20. The first-order valence-corrected chi connectivity index (χ1v) is 8.68. The Bertz CT molecular complexity index is 1030. The van der Waals surface area contributed by atoms with E-state index in [4.69, 9.17) is 16.3 Å². The highest BCUT2D eigenvalue weighted by atomic mass is 35.5. The zero-order chi connectivity index (χ0) is 21.2. The molecule has 0 aliphatic heterocycles. The van der Waals surface area contributed by atoms with E-state index in [0.717, 1.165) is 12.1 Å². The highest BCUT2D eigenvalue weighted by Crippen LogP contribution is 2.36. The first-order chi connectivity index (χ1) is 13.7. The third kappa shape index (κ3) is 4.62. The Morgan fingerprint density at radius 1 is 1.14 bits per heavy atom. The maximum Gasteiger partial charge on any atom is 0.416 e. The molecule has 0 unspecified atom stereocenters. The lowest BCUT2D eigenvalue weighted by Gasteiger charge is -2.13. The zero-order valence-electron chi connectivity index (χ0n) is 15.3. The van der Waals surface area contributed by atoms with Gasteiger partial charge in [-0.25, -0.2) is 4.79 Å². The Balaban J connectivity index is 1.82. The molecule has 152 valence electrons. The standard InChI is InChI=1S/C19H16ClF3N4O2/c1-27-17(15(20)10-24-27)14-9-13(6-7-16(14)29-2)26-18(28)25-12-5-3-4-11(8-12)19(21,22)23/h3-10H,1-2H3,(H2,25,26,28). The number of aromatic nitrogens is 2. The summed E-state index contributed by atoms with van der Waals surface area (Å²) in [5.41, 5.74) is 0.732. The number of hydrogen-bond donors (Lipinski definition) is 2. The molecular weight excluding hydrogens is 409 g/mol. The number of ether oxygens (including phenoxy) is 1. The van der Waals surface area contributed by atoms with Crippen molar-refractivity contribution in [1.29, 1.82) is 0 Å². The predicted molar refractivity (Wildman–Crippen MR) is 104 cm³/mol. The van der Waals surface area contributed by atoms with Gasteiger partial charge in [-0.3, -0.25) is 4.68 Å². The Kier molecular flexibility index (Phi) is 5.69. The fourth-order valence-corrected chi connectivity index (χ4v) is 3.02. The van der Waals surface area contributed by atoms with Crippen LogP contribution in [0.1, 0.15) is 5.56 Å². The monoisotopic (exact) mass is 424 g/mol. The van der Waals surface area contributed by atoms with Gasteiger partial charge in [-0.15, -0.1) is 0 Å². The number of halogens is 4. The number of nitrogens with one attached hydrogen (secondary N) is 2. The molecular formula is C19H16ClF3N4O2. The van der Waals surface area contributed by atoms with Crippen molar-refractivity contribution in [2.75, 3.05) is 17.7 Å². The summed E-state index contributed by atoms with van der Waals surface area (Å²) >= 11 is 6.20. The van der Waals surface area contributed by atoms with E-state index in [1.165, 1.54) is 25.4 Å². The SMILES string of the molecule is COc1ccc(NC(=O)Nc2cccc(C(F)(F)F)c2)cc1-c1c(Cl)cnn1C. The molecule has 0 aliphatic carbocycles. The van der Waals surface area contributed by atoms with Crippen molar-refractivity contribution in [3.8, 4) is 17.0 Å². The first kappa shape index (κ1) is 20.5. The molecule has 0 atom stereocenters. The van der Waals surface area contributed by atoms with E-state index in [9.17, 15) is 18.0 Å². The molecule has 0 saturated heterocycles. The minimum atomic E-state index is -4.50. The zero-order valence-corrected chi connectivity index (χ0v) is 16.1. The van der Waals surface area contributed by atoms with Crippen molar-refractivity contribution in [3.05, 3.63) is 59.2 Å². The van der Waals surface area contributed by atoms with Gasteiger partial charge in [0.1, 0.15) is 5.75 Å². The molecule has 2 amide bonds. The first-order valence-electron chi connectivity index (χ1n) is 8.30. The van der Waals surface area contributed by atoms with Crippen LogP contribution in [0, 0.1) is 0 Å². The number of methoxy groups -OCH3 is 1. The lowest BCUT2D eigenvalue weighted by atomic mass is 10.1. The van der Waals surface area contributed by atoms with Crippen LogP contribution in [0.15, 0.2) is 48.7 Å². The Morgan fingerprint density at radius 3 is 2.41 bits per heavy atom. The second-order valence-electron chi connectivity index (χ2n) is 6.04. The molecule has 2 N–H and O–H groups in total. The summed E-state index contributed by atoms with van der Waals surface area (Å²) in [6, 6.07) is 8.53. The quantitative estimate of drug-likeness (QED) is 0.588. The van der Waals surface area contributed by atoms with E-state index in [0.29, 0.717) is 27.7 Å². The van der Waals surface area contributed by atoms with Crippen LogP contribution >= 0.6 is 11.6 Å². The number of anilines is 2. The van der Waals surface area contributed by atoms with Crippen LogP contribution in [0.5, 0.6) is 5.75 Å². The third-order valence-corrected chi connectivity index (χ3v) is 4.33. The van der Waals surface area contributed by atoms with Crippen LogP contribution in [-0.2, 0) is 13.2 Å². The third-order valence-electron chi connectivity index (χ3n) is 4.05. The summed E-state index contributed by atoms with van der Waals surface area (Å²) in [5.74, 6) is 0.513. The summed E-state index contributed by atoms with van der Waals surface area (Å²) in [4.78, 5) is 12.3. The number of alkyl halides is 3. The molecule has 6 nitrogen and oxygen atoms in total. The van der Waals surface area contributed by atoms with Crippen molar-refractivity contribution >= 4 is 29.0 Å². The highest BCUT2D eigenvalue weighted by molar-refractivity contribution is 6.33. The van der Waals surface area contributed by atoms with Gasteiger partial charge >= 0.3 is 12.2 Å². The van der Waals surface area contributed by atoms with E-state index < -0.39 is 17.8 Å². The van der Waals surface area contributed by atoms with Crippen molar-refractivity contribution in [1.82, 2.24) is 9.78 Å². The molecule has 0 spiro atoms. The average Bonchev–Trinajstić information content (AvgIpc) is 2.99. The van der Waals surface area contributed by atoms with E-state index in [-0.39, 0.29) is 5.69 Å². The fraction of sp³-hybridized carbons (Fsp3) is 0.158. The van der Waals surface area contributed by atoms with E-state index in [1.807, 2.05) is 0 Å². The topological polar surface area (TPSA) is 68.2 Å². The normalized spacial score (nSPS) is 11.2. The lowest BCUT2D eigenvalue weighted by Crippen LogP contribution is -2.20. The van der Waals surface area contributed by atoms with Gasteiger partial charge in [0.05, 0.1) is 29.6 Å². The van der Waals surface area contributed by atoms with Gasteiger partial charge in [0.2, 0.25) is 0 Å². The van der Waals surface area contributed by atoms with Crippen molar-refractivity contribution in [2.24, 2.45) is 7.05 Å². The van der Waals surface area contributed by atoms with Gasteiger partial charge in [-0.05, 0) is 36.4 Å². The molecule has 1 aromatic heterocycles. The minimum absolute atomic E-state index is 0.0146. The number of urea groups is 1. The predicted octanol–water partition coefficient (Wildman–Crippen LogP) is 5.41. The van der Waals surface area contributed by atoms with Gasteiger partial charge in [0.25, 0.3) is 0 Å². The fourth-order valence-electron chi connectivity index (χ4n) is 2.75. The second kappa shape index (κ2) is 8.04. The van der Waals surface area contributed by atoms with Crippen LogP contribution in [0.3, 0.4) is 0 Å². The van der Waals surface area contributed by atoms with Crippen molar-refractivity contribution in [2.45, 2.75) is 6.18 Å².